The molecule has 0 radical (unpaired) electrons. The largest absolute Gasteiger partial charge is 0.510 e. The molecule has 0 spiro atoms. The first-order valence-electron chi connectivity index (χ1n) is 7.56. The quantitative estimate of drug-likeness (QED) is 0.572. The smallest absolute Gasteiger partial charge is 0.316 e. The second-order valence-electron chi connectivity index (χ2n) is 5.43. The minimum atomic E-state index is -0.923. The van der Waals surface area contributed by atoms with Gasteiger partial charge in [0.25, 0.3) is 0 Å². The van der Waals surface area contributed by atoms with Crippen molar-refractivity contribution in [3.05, 3.63) is 11.3 Å². The number of aliphatic hydroxyl groups excluding tert-OH is 1. The number of methoxy groups -OCH3 is 1. The van der Waals surface area contributed by atoms with Crippen molar-refractivity contribution < 1.29 is 24.2 Å². The number of hydrogen-bond donors (Lipinski definition) is 1. The van der Waals surface area contributed by atoms with E-state index in [-0.39, 0.29) is 35.4 Å². The monoisotopic (exact) mass is 328 g/mol. The lowest BCUT2D eigenvalue weighted by molar-refractivity contribution is -0.147. The van der Waals surface area contributed by atoms with E-state index in [1.54, 1.807) is 18.7 Å². The Kier molecular flexibility index (Phi) is 7.13. The molecule has 1 aliphatic carbocycles. The van der Waals surface area contributed by atoms with E-state index < -0.39 is 23.4 Å². The Balaban J connectivity index is 3.16. The van der Waals surface area contributed by atoms with Crippen LogP contribution in [0.4, 0.5) is 0 Å². The maximum Gasteiger partial charge on any atom is 0.316 e. The first-order valence-corrected chi connectivity index (χ1v) is 8.61. The molecule has 1 N–H and O–H groups in total. The number of hydrogen-bond acceptors (Lipinski definition) is 6. The second kappa shape index (κ2) is 8.36. The van der Waals surface area contributed by atoms with Gasteiger partial charge in [-0.3, -0.25) is 14.4 Å². The highest BCUT2D eigenvalue weighted by atomic mass is 32.2. The number of thioether (sulfide) groups is 1. The van der Waals surface area contributed by atoms with Crippen LogP contribution in [0.25, 0.3) is 0 Å². The molecule has 0 amide bonds. The highest BCUT2D eigenvalue weighted by Crippen LogP contribution is 2.37. The molecule has 0 saturated heterocycles. The molecule has 0 saturated carbocycles. The van der Waals surface area contributed by atoms with Crippen molar-refractivity contribution >= 4 is 29.3 Å². The van der Waals surface area contributed by atoms with Gasteiger partial charge in [-0.2, -0.15) is 11.8 Å². The summed E-state index contributed by atoms with van der Waals surface area (Å²) in [5.41, 5.74) is -0.218. The SMILES string of the molecule is CCSC(C)CC1CC(=O)C(C(=O)CC)=C(O)C1C(=O)OC. The number of allylic oxidation sites excluding steroid dienone is 1. The fourth-order valence-corrected chi connectivity index (χ4v) is 3.84. The molecule has 124 valence electrons. The first kappa shape index (κ1) is 18.7. The van der Waals surface area contributed by atoms with Gasteiger partial charge in [0, 0.05) is 18.1 Å². The van der Waals surface area contributed by atoms with Gasteiger partial charge in [0.05, 0.1) is 12.7 Å². The van der Waals surface area contributed by atoms with Crippen molar-refractivity contribution in [2.45, 2.75) is 45.3 Å². The second-order valence-corrected chi connectivity index (χ2v) is 7.14. The summed E-state index contributed by atoms with van der Waals surface area (Å²) in [5, 5.41) is 10.6. The van der Waals surface area contributed by atoms with Crippen molar-refractivity contribution in [3.8, 4) is 0 Å². The van der Waals surface area contributed by atoms with Crippen molar-refractivity contribution in [1.29, 1.82) is 0 Å². The lowest BCUT2D eigenvalue weighted by atomic mass is 9.75. The van der Waals surface area contributed by atoms with Crippen molar-refractivity contribution in [2.75, 3.05) is 12.9 Å². The van der Waals surface area contributed by atoms with Gasteiger partial charge in [-0.25, -0.2) is 0 Å². The fraction of sp³-hybridized carbons (Fsp3) is 0.688. The molecular formula is C16H24O5S. The van der Waals surface area contributed by atoms with Gasteiger partial charge < -0.3 is 9.84 Å². The third kappa shape index (κ3) is 4.12. The van der Waals surface area contributed by atoms with E-state index >= 15 is 0 Å². The van der Waals surface area contributed by atoms with E-state index in [0.717, 1.165) is 5.75 Å². The first-order chi connectivity index (χ1) is 10.4. The molecule has 3 atom stereocenters. The predicted molar refractivity (Wildman–Crippen MR) is 85.8 cm³/mol. The molecule has 6 heteroatoms. The molecule has 0 heterocycles. The van der Waals surface area contributed by atoms with Crippen LogP contribution in [0.15, 0.2) is 11.3 Å². The number of carbonyl (C=O) groups excluding carboxylic acids is 3. The summed E-state index contributed by atoms with van der Waals surface area (Å²) in [6, 6.07) is 0. The summed E-state index contributed by atoms with van der Waals surface area (Å²) >= 11 is 1.73. The summed E-state index contributed by atoms with van der Waals surface area (Å²) in [4.78, 5) is 36.1. The van der Waals surface area contributed by atoms with E-state index in [2.05, 4.69) is 0 Å². The Labute approximate surface area is 135 Å². The van der Waals surface area contributed by atoms with Crippen molar-refractivity contribution in [1.82, 2.24) is 0 Å². The Morgan fingerprint density at radius 2 is 2.05 bits per heavy atom. The minimum Gasteiger partial charge on any atom is -0.510 e. The predicted octanol–water partition coefficient (Wildman–Crippen LogP) is 2.69. The number of esters is 1. The van der Waals surface area contributed by atoms with E-state index in [4.69, 9.17) is 4.74 Å². The summed E-state index contributed by atoms with van der Waals surface area (Å²) in [5.74, 6) is -2.12. The summed E-state index contributed by atoms with van der Waals surface area (Å²) < 4.78 is 4.77. The standard InChI is InChI=1S/C16H24O5S/c1-5-11(17)14-12(18)8-10(7-9(3)22-6-2)13(15(14)19)16(20)21-4/h9-10,13,19H,5-8H2,1-4H3. The molecule has 0 bridgehead atoms. The van der Waals surface area contributed by atoms with Gasteiger partial charge in [0.1, 0.15) is 11.7 Å². The van der Waals surface area contributed by atoms with Crippen molar-refractivity contribution in [3.63, 3.8) is 0 Å². The summed E-state index contributed by atoms with van der Waals surface area (Å²) in [7, 11) is 1.24. The van der Waals surface area contributed by atoms with Gasteiger partial charge in [0.2, 0.25) is 0 Å². The van der Waals surface area contributed by atoms with Crippen LogP contribution in [0, 0.1) is 11.8 Å². The van der Waals surface area contributed by atoms with Gasteiger partial charge in [-0.05, 0) is 18.1 Å². The Morgan fingerprint density at radius 3 is 2.55 bits per heavy atom. The topological polar surface area (TPSA) is 80.7 Å². The summed E-state index contributed by atoms with van der Waals surface area (Å²) in [6.45, 7) is 5.69. The number of ether oxygens (including phenoxy) is 1. The average molecular weight is 328 g/mol. The van der Waals surface area contributed by atoms with Crippen LogP contribution in [0.3, 0.4) is 0 Å². The van der Waals surface area contributed by atoms with E-state index in [0.29, 0.717) is 6.42 Å². The maximum atomic E-state index is 12.2. The lowest BCUT2D eigenvalue weighted by Gasteiger charge is -2.31. The zero-order chi connectivity index (χ0) is 16.9. The molecule has 3 unspecified atom stereocenters. The number of aliphatic hydroxyl groups is 1. The third-order valence-electron chi connectivity index (χ3n) is 3.89. The molecule has 0 aromatic rings. The van der Waals surface area contributed by atoms with Gasteiger partial charge in [0.15, 0.2) is 11.6 Å². The lowest BCUT2D eigenvalue weighted by Crippen LogP contribution is -2.37. The van der Waals surface area contributed by atoms with Gasteiger partial charge >= 0.3 is 5.97 Å². The highest BCUT2D eigenvalue weighted by Gasteiger charge is 2.43. The minimum absolute atomic E-state index is 0.0967. The van der Waals surface area contributed by atoms with Crippen LogP contribution in [0.1, 0.15) is 40.0 Å². The molecule has 0 aromatic heterocycles. The molecule has 0 aliphatic heterocycles. The molecule has 22 heavy (non-hydrogen) atoms. The molecule has 0 aromatic carbocycles. The number of carbonyl (C=O) groups is 3. The van der Waals surface area contributed by atoms with Crippen LogP contribution in [0.5, 0.6) is 0 Å². The van der Waals surface area contributed by atoms with Crippen LogP contribution in [-0.2, 0) is 19.1 Å². The van der Waals surface area contributed by atoms with Crippen LogP contribution < -0.4 is 0 Å². The molecule has 1 rings (SSSR count). The van der Waals surface area contributed by atoms with Gasteiger partial charge in [-0.1, -0.05) is 20.8 Å². The Hall–Kier alpha value is -1.30. The molecule has 5 nitrogen and oxygen atoms in total. The highest BCUT2D eigenvalue weighted by molar-refractivity contribution is 7.99. The Morgan fingerprint density at radius 1 is 1.41 bits per heavy atom. The van der Waals surface area contributed by atoms with Crippen molar-refractivity contribution in [2.24, 2.45) is 11.8 Å². The number of rotatable bonds is 7. The summed E-state index contributed by atoms with van der Waals surface area (Å²) in [6.07, 6.45) is 0.826. The zero-order valence-electron chi connectivity index (χ0n) is 13.5. The van der Waals surface area contributed by atoms with Crippen LogP contribution in [0.2, 0.25) is 0 Å². The van der Waals surface area contributed by atoms with E-state index in [1.807, 2.05) is 13.8 Å². The molecule has 0 fully saturated rings. The van der Waals surface area contributed by atoms with Crippen LogP contribution in [-0.4, -0.2) is 40.8 Å². The fourth-order valence-electron chi connectivity index (χ4n) is 2.88. The molecule has 1 aliphatic rings. The van der Waals surface area contributed by atoms with Crippen LogP contribution >= 0.6 is 11.8 Å². The Bertz CT molecular complexity index is 483. The zero-order valence-corrected chi connectivity index (χ0v) is 14.4. The van der Waals surface area contributed by atoms with E-state index in [9.17, 15) is 19.5 Å². The van der Waals surface area contributed by atoms with Gasteiger partial charge in [-0.15, -0.1) is 0 Å². The third-order valence-corrected chi connectivity index (χ3v) is 4.98. The normalized spacial score (nSPS) is 23.4. The van der Waals surface area contributed by atoms with E-state index in [1.165, 1.54) is 7.11 Å². The number of Topliss-reactive ketones (excluding diaryl/α,β-unsaturated/α-hetero) is 2. The number of ketones is 2. The molecular weight excluding hydrogens is 304 g/mol. The maximum absolute atomic E-state index is 12.2. The average Bonchev–Trinajstić information content (AvgIpc) is 2.46.